The maximum atomic E-state index is 11.6. The van der Waals surface area contributed by atoms with Crippen molar-refractivity contribution in [3.8, 4) is 0 Å². The number of rotatable bonds is 3. The Morgan fingerprint density at radius 3 is 2.55 bits per heavy atom. The normalized spacial score (nSPS) is 18.3. The molecule has 0 aromatic heterocycles. The van der Waals surface area contributed by atoms with Crippen LogP contribution < -0.4 is 0 Å². The Balaban J connectivity index is 2.07. The molecule has 0 N–H and O–H groups in total. The summed E-state index contributed by atoms with van der Waals surface area (Å²) in [5, 5.41) is 0. The van der Waals surface area contributed by atoms with Crippen molar-refractivity contribution in [3.05, 3.63) is 76.9 Å². The van der Waals surface area contributed by atoms with Crippen LogP contribution >= 0.6 is 0 Å². The van der Waals surface area contributed by atoms with Crippen molar-refractivity contribution < 1.29 is 4.79 Å². The summed E-state index contributed by atoms with van der Waals surface area (Å²) in [5.74, 6) is 0.387. The minimum atomic E-state index is 0.161. The molecule has 1 aliphatic carbocycles. The number of allylic oxidation sites excluding steroid dienone is 2. The summed E-state index contributed by atoms with van der Waals surface area (Å²) in [6.07, 6.45) is 7.07. The predicted octanol–water partition coefficient (Wildman–Crippen LogP) is 5.16. The van der Waals surface area contributed by atoms with Gasteiger partial charge in [0.1, 0.15) is 5.78 Å². The summed E-state index contributed by atoms with van der Waals surface area (Å²) in [7, 11) is 0. The molecule has 1 atom stereocenters. The third-order valence-electron chi connectivity index (χ3n) is 4.09. The van der Waals surface area contributed by atoms with E-state index in [1.54, 1.807) is 6.92 Å². The van der Waals surface area contributed by atoms with Gasteiger partial charge in [-0.1, -0.05) is 72.3 Å². The second-order valence-electron chi connectivity index (χ2n) is 5.97. The van der Waals surface area contributed by atoms with Gasteiger partial charge in [-0.25, -0.2) is 0 Å². The van der Waals surface area contributed by atoms with Crippen LogP contribution in [-0.2, 0) is 4.79 Å². The van der Waals surface area contributed by atoms with E-state index in [2.05, 4.69) is 73.7 Å². The zero-order valence-corrected chi connectivity index (χ0v) is 13.0. The number of aryl methyl sites for hydroxylation is 1. The SMILES string of the molecule is CC(=O)CC1C=Cc2ccccc2/C1=C/c1ccc(C)cc1. The molecule has 1 nitrogen and oxygen atoms in total. The first-order chi connectivity index (χ1) is 10.6. The third kappa shape index (κ3) is 3.09. The molecule has 0 bridgehead atoms. The van der Waals surface area contributed by atoms with Crippen molar-refractivity contribution in [3.63, 3.8) is 0 Å². The van der Waals surface area contributed by atoms with Crippen molar-refractivity contribution in [1.82, 2.24) is 0 Å². The van der Waals surface area contributed by atoms with Crippen LogP contribution in [0, 0.1) is 12.8 Å². The van der Waals surface area contributed by atoms with Gasteiger partial charge in [0.05, 0.1) is 0 Å². The lowest BCUT2D eigenvalue weighted by Gasteiger charge is -2.23. The number of fused-ring (bicyclic) bond motifs is 1. The fourth-order valence-electron chi connectivity index (χ4n) is 2.94. The second-order valence-corrected chi connectivity index (χ2v) is 5.97. The molecule has 110 valence electrons. The topological polar surface area (TPSA) is 17.1 Å². The van der Waals surface area contributed by atoms with Crippen LogP contribution in [0.15, 0.2) is 54.6 Å². The molecule has 1 heteroatoms. The Morgan fingerprint density at radius 1 is 1.09 bits per heavy atom. The molecule has 0 amide bonds. The lowest BCUT2D eigenvalue weighted by Crippen LogP contribution is -2.10. The molecule has 0 fully saturated rings. The first-order valence-corrected chi connectivity index (χ1v) is 7.69. The van der Waals surface area contributed by atoms with Gasteiger partial charge >= 0.3 is 0 Å². The van der Waals surface area contributed by atoms with E-state index in [-0.39, 0.29) is 11.7 Å². The van der Waals surface area contributed by atoms with Gasteiger partial charge in [0.2, 0.25) is 0 Å². The smallest absolute Gasteiger partial charge is 0.130 e. The lowest BCUT2D eigenvalue weighted by molar-refractivity contribution is -0.117. The van der Waals surface area contributed by atoms with Gasteiger partial charge in [0.15, 0.2) is 0 Å². The fraction of sp³-hybridized carbons (Fsp3) is 0.190. The number of hydrogen-bond donors (Lipinski definition) is 0. The van der Waals surface area contributed by atoms with Gasteiger partial charge in [0, 0.05) is 12.3 Å². The van der Waals surface area contributed by atoms with E-state index >= 15 is 0 Å². The van der Waals surface area contributed by atoms with Gasteiger partial charge in [0.25, 0.3) is 0 Å². The Bertz CT molecular complexity index is 748. The maximum absolute atomic E-state index is 11.6. The van der Waals surface area contributed by atoms with Crippen LogP contribution in [0.5, 0.6) is 0 Å². The summed E-state index contributed by atoms with van der Waals surface area (Å²) in [6, 6.07) is 16.9. The first kappa shape index (κ1) is 14.5. The zero-order chi connectivity index (χ0) is 15.5. The van der Waals surface area contributed by atoms with Crippen molar-refractivity contribution in [2.45, 2.75) is 20.3 Å². The predicted molar refractivity (Wildman–Crippen MR) is 93.3 cm³/mol. The molecule has 0 saturated heterocycles. The van der Waals surface area contributed by atoms with Crippen LogP contribution in [0.3, 0.4) is 0 Å². The summed E-state index contributed by atoms with van der Waals surface area (Å²) in [5.41, 5.74) is 6.13. The molecule has 22 heavy (non-hydrogen) atoms. The zero-order valence-electron chi connectivity index (χ0n) is 13.0. The second kappa shape index (κ2) is 6.15. The molecule has 2 aromatic rings. The van der Waals surface area contributed by atoms with E-state index in [1.165, 1.54) is 27.8 Å². The molecule has 0 radical (unpaired) electrons. The van der Waals surface area contributed by atoms with Gasteiger partial charge in [-0.2, -0.15) is 0 Å². The largest absolute Gasteiger partial charge is 0.300 e. The fourth-order valence-corrected chi connectivity index (χ4v) is 2.94. The Hall–Kier alpha value is -2.41. The van der Waals surface area contributed by atoms with Crippen LogP contribution in [0.25, 0.3) is 17.7 Å². The molecular weight excluding hydrogens is 268 g/mol. The monoisotopic (exact) mass is 288 g/mol. The van der Waals surface area contributed by atoms with E-state index in [9.17, 15) is 4.79 Å². The molecule has 1 unspecified atom stereocenters. The van der Waals surface area contributed by atoms with E-state index < -0.39 is 0 Å². The number of carbonyl (C=O) groups is 1. The summed E-state index contributed by atoms with van der Waals surface area (Å²) < 4.78 is 0. The number of hydrogen-bond acceptors (Lipinski definition) is 1. The highest BCUT2D eigenvalue weighted by atomic mass is 16.1. The molecule has 2 aromatic carbocycles. The molecular formula is C21H20O. The minimum Gasteiger partial charge on any atom is -0.300 e. The summed E-state index contributed by atoms with van der Waals surface area (Å²) in [4.78, 5) is 11.6. The van der Waals surface area contributed by atoms with Gasteiger partial charge in [-0.05, 0) is 36.1 Å². The first-order valence-electron chi connectivity index (χ1n) is 7.69. The molecule has 0 saturated carbocycles. The average molecular weight is 288 g/mol. The highest BCUT2D eigenvalue weighted by Crippen LogP contribution is 2.36. The van der Waals surface area contributed by atoms with E-state index in [1.807, 2.05) is 0 Å². The molecule has 1 aliphatic rings. The van der Waals surface area contributed by atoms with Gasteiger partial charge in [-0.15, -0.1) is 0 Å². The lowest BCUT2D eigenvalue weighted by atomic mass is 9.81. The van der Waals surface area contributed by atoms with E-state index in [0.29, 0.717) is 6.42 Å². The number of carbonyl (C=O) groups excluding carboxylic acids is 1. The highest BCUT2D eigenvalue weighted by Gasteiger charge is 2.20. The van der Waals surface area contributed by atoms with Crippen molar-refractivity contribution in [2.24, 2.45) is 5.92 Å². The quantitative estimate of drug-likeness (QED) is 0.762. The van der Waals surface area contributed by atoms with Crippen LogP contribution in [0.2, 0.25) is 0 Å². The van der Waals surface area contributed by atoms with Crippen molar-refractivity contribution >= 4 is 23.5 Å². The molecule has 0 aliphatic heterocycles. The molecule has 3 rings (SSSR count). The van der Waals surface area contributed by atoms with E-state index in [4.69, 9.17) is 0 Å². The van der Waals surface area contributed by atoms with Crippen LogP contribution in [0.1, 0.15) is 35.6 Å². The summed E-state index contributed by atoms with van der Waals surface area (Å²) >= 11 is 0. The van der Waals surface area contributed by atoms with Crippen LogP contribution in [0.4, 0.5) is 0 Å². The minimum absolute atomic E-state index is 0.161. The van der Waals surface area contributed by atoms with Gasteiger partial charge in [-0.3, -0.25) is 4.79 Å². The standard InChI is InChI=1S/C21H20O/c1-15-7-9-17(10-8-15)14-21-19(13-16(2)22)12-11-18-5-3-4-6-20(18)21/h3-12,14,19H,13H2,1-2H3/b21-14+. The highest BCUT2D eigenvalue weighted by molar-refractivity contribution is 5.92. The van der Waals surface area contributed by atoms with E-state index in [0.717, 1.165) is 0 Å². The Morgan fingerprint density at radius 2 is 1.82 bits per heavy atom. The number of ketones is 1. The average Bonchev–Trinajstić information content (AvgIpc) is 2.51. The third-order valence-corrected chi connectivity index (χ3v) is 4.09. The van der Waals surface area contributed by atoms with Crippen molar-refractivity contribution in [1.29, 1.82) is 0 Å². The number of Topliss-reactive ketones (excluding diaryl/α,β-unsaturated/α-hetero) is 1. The number of benzene rings is 2. The Labute approximate surface area is 132 Å². The summed E-state index contributed by atoms with van der Waals surface area (Å²) in [6.45, 7) is 3.76. The van der Waals surface area contributed by atoms with Crippen molar-refractivity contribution in [2.75, 3.05) is 0 Å². The molecule has 0 spiro atoms. The Kier molecular flexibility index (Phi) is 4.06. The van der Waals surface area contributed by atoms with Gasteiger partial charge < -0.3 is 0 Å². The molecule has 0 heterocycles. The maximum Gasteiger partial charge on any atom is 0.130 e. The van der Waals surface area contributed by atoms with Crippen LogP contribution in [-0.4, -0.2) is 5.78 Å².